The number of hydrogen-bond donors (Lipinski definition) is 1. The van der Waals surface area contributed by atoms with Gasteiger partial charge in [0, 0.05) is 16.5 Å². The first-order chi connectivity index (χ1) is 10.5. The van der Waals surface area contributed by atoms with E-state index in [4.69, 9.17) is 34.2 Å². The van der Waals surface area contributed by atoms with Gasteiger partial charge in [0.05, 0.1) is 6.07 Å². The number of rotatable bonds is 3. The highest BCUT2D eigenvalue weighted by Crippen LogP contribution is 2.52. The summed E-state index contributed by atoms with van der Waals surface area (Å²) in [7, 11) is 0. The molecule has 1 aliphatic carbocycles. The predicted molar refractivity (Wildman–Crippen MR) is 86.7 cm³/mol. The zero-order valence-corrected chi connectivity index (χ0v) is 13.1. The summed E-state index contributed by atoms with van der Waals surface area (Å²) in [5.41, 5.74) is 8.03. The second kappa shape index (κ2) is 5.31. The van der Waals surface area contributed by atoms with E-state index in [1.54, 1.807) is 18.2 Å². The van der Waals surface area contributed by atoms with E-state index in [2.05, 4.69) is 6.07 Å². The van der Waals surface area contributed by atoms with Crippen LogP contribution in [-0.4, -0.2) is 5.91 Å². The maximum Gasteiger partial charge on any atom is 0.232 e. The van der Waals surface area contributed by atoms with Crippen molar-refractivity contribution in [3.05, 3.63) is 57.6 Å². The summed E-state index contributed by atoms with van der Waals surface area (Å²) in [5, 5.41) is 10.1. The van der Waals surface area contributed by atoms with Crippen molar-refractivity contribution in [3.63, 3.8) is 0 Å². The molecule has 0 bridgehead atoms. The second-order valence-corrected chi connectivity index (χ2v) is 6.18. The highest BCUT2D eigenvalue weighted by Gasteiger charge is 2.47. The van der Waals surface area contributed by atoms with Crippen molar-refractivity contribution in [2.45, 2.75) is 18.3 Å². The van der Waals surface area contributed by atoms with E-state index in [1.165, 1.54) is 0 Å². The van der Waals surface area contributed by atoms with Gasteiger partial charge in [-0.2, -0.15) is 5.26 Å². The number of amides is 1. The van der Waals surface area contributed by atoms with Gasteiger partial charge in [-0.25, -0.2) is 0 Å². The van der Waals surface area contributed by atoms with Crippen LogP contribution in [0.15, 0.2) is 36.4 Å². The Kier molecular flexibility index (Phi) is 3.60. The molecule has 5 heteroatoms. The van der Waals surface area contributed by atoms with E-state index in [9.17, 15) is 4.79 Å². The second-order valence-electron chi connectivity index (χ2n) is 5.31. The first-order valence-electron chi connectivity index (χ1n) is 6.78. The normalized spacial score (nSPS) is 18.4. The van der Waals surface area contributed by atoms with E-state index < -0.39 is 11.3 Å². The Morgan fingerprint density at radius 1 is 1.09 bits per heavy atom. The van der Waals surface area contributed by atoms with Gasteiger partial charge >= 0.3 is 0 Å². The molecule has 1 aliphatic rings. The van der Waals surface area contributed by atoms with Crippen LogP contribution in [0.3, 0.4) is 0 Å². The number of benzene rings is 2. The Morgan fingerprint density at radius 2 is 1.77 bits per heavy atom. The smallest absolute Gasteiger partial charge is 0.232 e. The van der Waals surface area contributed by atoms with Crippen molar-refractivity contribution < 1.29 is 4.79 Å². The quantitative estimate of drug-likeness (QED) is 0.922. The maximum absolute atomic E-state index is 12.4. The number of fused-ring (bicyclic) bond motifs is 3. The molecule has 2 aromatic rings. The summed E-state index contributed by atoms with van der Waals surface area (Å²) < 4.78 is 0. The molecule has 3 rings (SSSR count). The first-order valence-corrected chi connectivity index (χ1v) is 7.53. The number of carbonyl (C=O) groups excluding carboxylic acids is 1. The fourth-order valence-corrected chi connectivity index (χ4v) is 3.61. The molecule has 0 heterocycles. The molecule has 0 fully saturated rings. The third-order valence-electron chi connectivity index (χ3n) is 4.21. The Balaban J connectivity index is 2.37. The lowest BCUT2D eigenvalue weighted by atomic mass is 9.74. The fourth-order valence-electron chi connectivity index (χ4n) is 3.26. The molecule has 0 aromatic heterocycles. The molecule has 0 saturated carbocycles. The van der Waals surface area contributed by atoms with Crippen LogP contribution in [0.4, 0.5) is 0 Å². The zero-order chi connectivity index (χ0) is 15.9. The molecule has 3 nitrogen and oxygen atoms in total. The summed E-state index contributed by atoms with van der Waals surface area (Å²) >= 11 is 12.2. The van der Waals surface area contributed by atoms with Crippen molar-refractivity contribution >= 4 is 29.1 Å². The van der Waals surface area contributed by atoms with E-state index >= 15 is 0 Å². The van der Waals surface area contributed by atoms with Gasteiger partial charge in [0.1, 0.15) is 5.41 Å². The molecule has 1 amide bonds. The van der Waals surface area contributed by atoms with Crippen LogP contribution in [0.2, 0.25) is 10.0 Å². The zero-order valence-electron chi connectivity index (χ0n) is 11.6. The molecule has 0 saturated heterocycles. The van der Waals surface area contributed by atoms with Gasteiger partial charge in [0.15, 0.2) is 0 Å². The number of hydrogen-bond acceptors (Lipinski definition) is 2. The van der Waals surface area contributed by atoms with Gasteiger partial charge in [0.25, 0.3) is 0 Å². The molecule has 1 atom stereocenters. The van der Waals surface area contributed by atoms with Gasteiger partial charge in [-0.1, -0.05) is 35.3 Å². The summed E-state index contributed by atoms with van der Waals surface area (Å²) in [6.45, 7) is 0. The minimum atomic E-state index is -1.03. The van der Waals surface area contributed by atoms with Gasteiger partial charge in [-0.15, -0.1) is 0 Å². The minimum absolute atomic E-state index is 0.219. The van der Waals surface area contributed by atoms with Crippen molar-refractivity contribution in [1.82, 2.24) is 0 Å². The summed E-state index contributed by atoms with van der Waals surface area (Å²) in [5.74, 6) is -0.479. The van der Waals surface area contributed by atoms with E-state index in [0.717, 1.165) is 22.3 Å². The SMILES string of the molecule is N#CCCC1(C(N)=O)c2ccc(Cl)cc2-c2ccc(Cl)cc21. The lowest BCUT2D eigenvalue weighted by molar-refractivity contribution is -0.122. The number of nitrogens with two attached hydrogens (primary N) is 1. The number of halogens is 2. The van der Waals surface area contributed by atoms with Crippen molar-refractivity contribution in [2.75, 3.05) is 0 Å². The van der Waals surface area contributed by atoms with Crippen molar-refractivity contribution in [3.8, 4) is 17.2 Å². The average molecular weight is 331 g/mol. The average Bonchev–Trinajstić information content (AvgIpc) is 2.75. The van der Waals surface area contributed by atoms with Crippen LogP contribution < -0.4 is 5.73 Å². The molecule has 22 heavy (non-hydrogen) atoms. The highest BCUT2D eigenvalue weighted by atomic mass is 35.5. The monoisotopic (exact) mass is 330 g/mol. The summed E-state index contributed by atoms with van der Waals surface area (Å²) in [6.07, 6.45) is 0.539. The Hall–Kier alpha value is -2.02. The Morgan fingerprint density at radius 3 is 2.45 bits per heavy atom. The molecular formula is C17H12Cl2N2O. The largest absolute Gasteiger partial charge is 0.369 e. The fraction of sp³-hybridized carbons (Fsp3) is 0.176. The number of nitrogens with zero attached hydrogens (tertiary/aromatic N) is 1. The first kappa shape index (κ1) is 14.9. The topological polar surface area (TPSA) is 66.9 Å². The van der Waals surface area contributed by atoms with Crippen LogP contribution in [0.5, 0.6) is 0 Å². The third kappa shape index (κ3) is 1.99. The molecule has 1 unspecified atom stereocenters. The van der Waals surface area contributed by atoms with Gasteiger partial charge < -0.3 is 5.73 Å². The van der Waals surface area contributed by atoms with Gasteiger partial charge in [-0.05, 0) is 52.9 Å². The van der Waals surface area contributed by atoms with Crippen LogP contribution in [0, 0.1) is 11.3 Å². The van der Waals surface area contributed by atoms with E-state index in [0.29, 0.717) is 16.5 Å². The lowest BCUT2D eigenvalue weighted by Crippen LogP contribution is -2.40. The van der Waals surface area contributed by atoms with Crippen molar-refractivity contribution in [2.24, 2.45) is 5.73 Å². The maximum atomic E-state index is 12.4. The molecular weight excluding hydrogens is 319 g/mol. The Bertz CT molecular complexity index is 826. The van der Waals surface area contributed by atoms with Crippen LogP contribution in [0.1, 0.15) is 24.0 Å². The van der Waals surface area contributed by atoms with Crippen LogP contribution >= 0.6 is 23.2 Å². The highest BCUT2D eigenvalue weighted by molar-refractivity contribution is 6.31. The standard InChI is InChI=1S/C17H12Cl2N2O/c18-10-3-5-14-13(8-10)12-4-2-11(19)9-15(12)17(14,16(21)22)6-1-7-20/h2-5,8-9H,1,6H2,(H2,21,22). The number of nitriles is 1. The molecule has 110 valence electrons. The molecule has 2 aromatic carbocycles. The molecule has 0 spiro atoms. The van der Waals surface area contributed by atoms with Crippen molar-refractivity contribution in [1.29, 1.82) is 5.26 Å². The molecule has 2 N–H and O–H groups in total. The summed E-state index contributed by atoms with van der Waals surface area (Å²) in [4.78, 5) is 12.4. The number of primary amides is 1. The third-order valence-corrected chi connectivity index (χ3v) is 4.68. The van der Waals surface area contributed by atoms with Crippen LogP contribution in [0.25, 0.3) is 11.1 Å². The predicted octanol–water partition coefficient (Wildman–Crippen LogP) is 4.05. The van der Waals surface area contributed by atoms with Crippen LogP contribution in [-0.2, 0) is 10.2 Å². The molecule has 0 aliphatic heterocycles. The summed E-state index contributed by atoms with van der Waals surface area (Å²) in [6, 6.07) is 12.9. The van der Waals surface area contributed by atoms with E-state index in [-0.39, 0.29) is 6.42 Å². The van der Waals surface area contributed by atoms with E-state index in [1.807, 2.05) is 18.2 Å². The van der Waals surface area contributed by atoms with Gasteiger partial charge in [-0.3, -0.25) is 4.79 Å². The van der Waals surface area contributed by atoms with Gasteiger partial charge in [0.2, 0.25) is 5.91 Å². The molecule has 0 radical (unpaired) electrons. The number of carbonyl (C=O) groups is 1. The minimum Gasteiger partial charge on any atom is -0.369 e. The Labute approximate surface area is 138 Å². The lowest BCUT2D eigenvalue weighted by Gasteiger charge is -2.27.